The minimum Gasteiger partial charge on any atom is -0.493 e. The predicted octanol–water partition coefficient (Wildman–Crippen LogP) is 4.92. The Labute approximate surface area is 187 Å². The summed E-state index contributed by atoms with van der Waals surface area (Å²) in [5, 5.41) is 4.24. The number of piperidine rings is 1. The zero-order chi connectivity index (χ0) is 22.2. The SMILES string of the molecule is COc1ccc(C2C(c3nc(C4CC4)no3)CCC(=O)N2c2ccc(C)cc2)cc1OC. The van der Waals surface area contributed by atoms with E-state index < -0.39 is 0 Å². The van der Waals surface area contributed by atoms with Crippen LogP contribution in [0.1, 0.15) is 66.4 Å². The topological polar surface area (TPSA) is 77.7 Å². The van der Waals surface area contributed by atoms with E-state index in [9.17, 15) is 4.79 Å². The number of benzene rings is 2. The summed E-state index contributed by atoms with van der Waals surface area (Å²) in [6.45, 7) is 2.04. The fourth-order valence-corrected chi connectivity index (χ4v) is 4.48. The quantitative estimate of drug-likeness (QED) is 0.549. The first-order chi connectivity index (χ1) is 15.6. The van der Waals surface area contributed by atoms with Gasteiger partial charge in [0.1, 0.15) is 0 Å². The third-order valence-corrected chi connectivity index (χ3v) is 6.38. The maximum Gasteiger partial charge on any atom is 0.232 e. The molecule has 0 spiro atoms. The molecule has 3 aromatic rings. The Morgan fingerprint density at radius 1 is 1.00 bits per heavy atom. The highest BCUT2D eigenvalue weighted by Crippen LogP contribution is 2.47. The zero-order valence-corrected chi connectivity index (χ0v) is 18.6. The number of ether oxygens (including phenoxy) is 2. The average molecular weight is 434 g/mol. The fourth-order valence-electron chi connectivity index (χ4n) is 4.48. The minimum atomic E-state index is -0.300. The molecule has 0 bridgehead atoms. The van der Waals surface area contributed by atoms with Gasteiger partial charge in [0.05, 0.1) is 26.2 Å². The first kappa shape index (κ1) is 20.5. The van der Waals surface area contributed by atoms with E-state index in [-0.39, 0.29) is 17.9 Å². The van der Waals surface area contributed by atoms with Crippen molar-refractivity contribution in [2.24, 2.45) is 0 Å². The van der Waals surface area contributed by atoms with Crippen molar-refractivity contribution >= 4 is 11.6 Å². The van der Waals surface area contributed by atoms with Gasteiger partial charge in [-0.1, -0.05) is 28.9 Å². The van der Waals surface area contributed by atoms with Crippen molar-refractivity contribution in [2.45, 2.75) is 50.5 Å². The molecule has 2 aliphatic rings. The van der Waals surface area contributed by atoms with Crippen LogP contribution in [0.4, 0.5) is 5.69 Å². The van der Waals surface area contributed by atoms with Gasteiger partial charge in [-0.25, -0.2) is 0 Å². The molecule has 1 saturated heterocycles. The molecule has 7 heteroatoms. The van der Waals surface area contributed by atoms with Crippen LogP contribution in [-0.4, -0.2) is 30.3 Å². The summed E-state index contributed by atoms with van der Waals surface area (Å²) >= 11 is 0. The molecule has 2 fully saturated rings. The molecule has 0 N–H and O–H groups in total. The summed E-state index contributed by atoms with van der Waals surface area (Å²) in [5.74, 6) is 3.01. The summed E-state index contributed by atoms with van der Waals surface area (Å²) in [6, 6.07) is 13.5. The Bertz CT molecular complexity index is 1120. The van der Waals surface area contributed by atoms with E-state index in [0.717, 1.165) is 35.5 Å². The molecule has 2 heterocycles. The summed E-state index contributed by atoms with van der Waals surface area (Å²) in [4.78, 5) is 19.9. The molecule has 5 rings (SSSR count). The Hall–Kier alpha value is -3.35. The summed E-state index contributed by atoms with van der Waals surface area (Å²) in [6.07, 6.45) is 3.28. The van der Waals surface area contributed by atoms with E-state index in [1.807, 2.05) is 54.3 Å². The first-order valence-electron chi connectivity index (χ1n) is 11.0. The van der Waals surface area contributed by atoms with Crippen LogP contribution in [0.15, 0.2) is 47.0 Å². The van der Waals surface area contributed by atoms with Crippen LogP contribution in [-0.2, 0) is 4.79 Å². The number of carbonyl (C=O) groups is 1. The Balaban J connectivity index is 1.62. The van der Waals surface area contributed by atoms with Crippen LogP contribution in [0, 0.1) is 6.92 Å². The number of aromatic nitrogens is 2. The van der Waals surface area contributed by atoms with Gasteiger partial charge in [-0.15, -0.1) is 0 Å². The highest BCUT2D eigenvalue weighted by molar-refractivity contribution is 5.95. The second-order valence-electron chi connectivity index (χ2n) is 8.57. The predicted molar refractivity (Wildman–Crippen MR) is 119 cm³/mol. The monoisotopic (exact) mass is 433 g/mol. The van der Waals surface area contributed by atoms with Gasteiger partial charge < -0.3 is 18.9 Å². The van der Waals surface area contributed by atoms with Crippen molar-refractivity contribution in [1.29, 1.82) is 0 Å². The lowest BCUT2D eigenvalue weighted by Crippen LogP contribution is -2.42. The molecule has 0 radical (unpaired) electrons. The Morgan fingerprint density at radius 3 is 2.44 bits per heavy atom. The maximum atomic E-state index is 13.2. The highest BCUT2D eigenvalue weighted by atomic mass is 16.5. The number of aryl methyl sites for hydroxylation is 1. The number of rotatable bonds is 6. The lowest BCUT2D eigenvalue weighted by Gasteiger charge is -2.40. The van der Waals surface area contributed by atoms with E-state index in [4.69, 9.17) is 19.0 Å². The normalized spacial score (nSPS) is 21.0. The number of hydrogen-bond donors (Lipinski definition) is 0. The van der Waals surface area contributed by atoms with E-state index in [2.05, 4.69) is 5.16 Å². The van der Waals surface area contributed by atoms with Gasteiger partial charge in [0.2, 0.25) is 11.8 Å². The molecular weight excluding hydrogens is 406 g/mol. The Morgan fingerprint density at radius 2 is 1.75 bits per heavy atom. The van der Waals surface area contributed by atoms with Gasteiger partial charge in [-0.05, 0) is 56.0 Å². The van der Waals surface area contributed by atoms with Crippen LogP contribution in [0.2, 0.25) is 0 Å². The Kier molecular flexibility index (Phi) is 5.33. The standard InChI is InChI=1S/C25H27N3O4/c1-15-4-9-18(10-5-15)28-22(29)13-11-19(25-26-24(27-32-25)16-6-7-16)23(28)17-8-12-20(30-2)21(14-17)31-3/h4-5,8-10,12,14,16,19,23H,6-7,11,13H2,1-3H3. The van der Waals surface area contributed by atoms with E-state index in [1.165, 1.54) is 0 Å². The molecule has 2 atom stereocenters. The minimum absolute atomic E-state index is 0.0758. The zero-order valence-electron chi connectivity index (χ0n) is 18.6. The summed E-state index contributed by atoms with van der Waals surface area (Å²) in [5.41, 5.74) is 2.93. The van der Waals surface area contributed by atoms with Crippen molar-refractivity contribution in [3.63, 3.8) is 0 Å². The molecule has 7 nitrogen and oxygen atoms in total. The van der Waals surface area contributed by atoms with Gasteiger partial charge in [-0.2, -0.15) is 4.98 Å². The molecule has 1 saturated carbocycles. The van der Waals surface area contributed by atoms with Crippen molar-refractivity contribution < 1.29 is 18.8 Å². The molecule has 1 aromatic heterocycles. The van der Waals surface area contributed by atoms with E-state index in [0.29, 0.717) is 36.1 Å². The van der Waals surface area contributed by atoms with E-state index >= 15 is 0 Å². The lowest BCUT2D eigenvalue weighted by atomic mass is 9.83. The molecule has 32 heavy (non-hydrogen) atoms. The largest absolute Gasteiger partial charge is 0.493 e. The van der Waals surface area contributed by atoms with Gasteiger partial charge in [-0.3, -0.25) is 4.79 Å². The van der Waals surface area contributed by atoms with Crippen molar-refractivity contribution in [2.75, 3.05) is 19.1 Å². The van der Waals surface area contributed by atoms with Crippen molar-refractivity contribution in [3.8, 4) is 11.5 Å². The number of carbonyl (C=O) groups excluding carboxylic acids is 1. The summed E-state index contributed by atoms with van der Waals surface area (Å²) < 4.78 is 16.7. The smallest absolute Gasteiger partial charge is 0.232 e. The van der Waals surface area contributed by atoms with Gasteiger partial charge in [0.25, 0.3) is 0 Å². The van der Waals surface area contributed by atoms with Gasteiger partial charge in [0.15, 0.2) is 17.3 Å². The third-order valence-electron chi connectivity index (χ3n) is 6.38. The van der Waals surface area contributed by atoms with Crippen LogP contribution in [0.3, 0.4) is 0 Å². The second kappa shape index (κ2) is 8.30. The first-order valence-corrected chi connectivity index (χ1v) is 11.0. The fraction of sp³-hybridized carbons (Fsp3) is 0.400. The van der Waals surface area contributed by atoms with Crippen molar-refractivity contribution in [1.82, 2.24) is 10.1 Å². The molecule has 1 amide bonds. The van der Waals surface area contributed by atoms with Gasteiger partial charge >= 0.3 is 0 Å². The number of anilines is 1. The summed E-state index contributed by atoms with van der Waals surface area (Å²) in [7, 11) is 3.23. The highest BCUT2D eigenvalue weighted by Gasteiger charge is 2.42. The molecule has 1 aliphatic carbocycles. The van der Waals surface area contributed by atoms with Crippen LogP contribution < -0.4 is 14.4 Å². The molecule has 166 valence electrons. The average Bonchev–Trinajstić information content (AvgIpc) is 3.56. The number of methoxy groups -OCH3 is 2. The molecule has 2 aromatic carbocycles. The molecule has 1 aliphatic heterocycles. The maximum absolute atomic E-state index is 13.2. The van der Waals surface area contributed by atoms with Crippen LogP contribution in [0.25, 0.3) is 0 Å². The number of hydrogen-bond acceptors (Lipinski definition) is 6. The van der Waals surface area contributed by atoms with Gasteiger partial charge in [0, 0.05) is 18.0 Å². The molecular formula is C25H27N3O4. The van der Waals surface area contributed by atoms with Crippen LogP contribution in [0.5, 0.6) is 11.5 Å². The van der Waals surface area contributed by atoms with Crippen molar-refractivity contribution in [3.05, 3.63) is 65.3 Å². The number of nitrogens with zero attached hydrogens (tertiary/aromatic N) is 3. The molecule has 2 unspecified atom stereocenters. The number of amides is 1. The van der Waals surface area contributed by atoms with E-state index in [1.54, 1.807) is 14.2 Å². The lowest BCUT2D eigenvalue weighted by molar-refractivity contribution is -0.120. The third kappa shape index (κ3) is 3.72. The van der Waals surface area contributed by atoms with Crippen LogP contribution >= 0.6 is 0 Å². The second-order valence-corrected chi connectivity index (χ2v) is 8.57.